The summed E-state index contributed by atoms with van der Waals surface area (Å²) in [5.74, 6) is -1.48. The summed E-state index contributed by atoms with van der Waals surface area (Å²) in [6.45, 7) is -0.311. The average molecular weight is 314 g/mol. The van der Waals surface area contributed by atoms with Gasteiger partial charge in [-0.2, -0.15) is 5.10 Å². The van der Waals surface area contributed by atoms with E-state index in [0.717, 1.165) is 4.68 Å². The topological polar surface area (TPSA) is 84.2 Å². The third-order valence-electron chi connectivity index (χ3n) is 2.37. The Morgan fingerprint density at radius 1 is 1.35 bits per heavy atom. The minimum atomic E-state index is -1.04. The van der Waals surface area contributed by atoms with E-state index in [4.69, 9.17) is 28.3 Å². The van der Waals surface area contributed by atoms with E-state index in [1.807, 2.05) is 0 Å². The van der Waals surface area contributed by atoms with Crippen LogP contribution in [-0.4, -0.2) is 26.8 Å². The molecule has 2 N–H and O–H groups in total. The first-order valence-corrected chi connectivity index (χ1v) is 6.22. The third-order valence-corrected chi connectivity index (χ3v) is 2.92. The second kappa shape index (κ2) is 5.94. The first kappa shape index (κ1) is 14.4. The van der Waals surface area contributed by atoms with Gasteiger partial charge in [-0.05, 0) is 18.2 Å². The molecule has 1 aromatic heterocycles. The van der Waals surface area contributed by atoms with Crippen LogP contribution in [0.3, 0.4) is 0 Å². The molecule has 0 spiro atoms. The van der Waals surface area contributed by atoms with Crippen molar-refractivity contribution in [3.05, 3.63) is 46.2 Å². The summed E-state index contributed by atoms with van der Waals surface area (Å²) in [6, 6.07) is 4.67. The normalized spacial score (nSPS) is 10.3. The van der Waals surface area contributed by atoms with Gasteiger partial charge in [-0.1, -0.05) is 23.2 Å². The number of halogens is 2. The summed E-state index contributed by atoms with van der Waals surface area (Å²) in [6.07, 6.45) is 2.62. The van der Waals surface area contributed by atoms with E-state index in [2.05, 4.69) is 10.4 Å². The van der Waals surface area contributed by atoms with E-state index in [9.17, 15) is 9.59 Å². The fourth-order valence-corrected chi connectivity index (χ4v) is 1.95. The van der Waals surface area contributed by atoms with Crippen LogP contribution < -0.4 is 5.32 Å². The molecule has 1 aromatic carbocycles. The summed E-state index contributed by atoms with van der Waals surface area (Å²) >= 11 is 11.7. The summed E-state index contributed by atoms with van der Waals surface area (Å²) in [7, 11) is 0. The molecule has 20 heavy (non-hydrogen) atoms. The van der Waals surface area contributed by atoms with Crippen LogP contribution in [-0.2, 0) is 11.3 Å². The molecule has 0 fully saturated rings. The molecule has 0 saturated carbocycles. The van der Waals surface area contributed by atoms with E-state index in [1.165, 1.54) is 18.5 Å². The first-order valence-electron chi connectivity index (χ1n) is 5.46. The summed E-state index contributed by atoms with van der Waals surface area (Å²) in [4.78, 5) is 22.5. The molecule has 0 atom stereocenters. The molecular weight excluding hydrogens is 305 g/mol. The number of carbonyl (C=O) groups excluding carboxylic acids is 1. The zero-order chi connectivity index (χ0) is 14.7. The maximum Gasteiger partial charge on any atom is 0.325 e. The van der Waals surface area contributed by atoms with Crippen LogP contribution in [0.4, 0.5) is 5.69 Å². The van der Waals surface area contributed by atoms with Crippen LogP contribution >= 0.6 is 23.2 Å². The molecular formula is C12H9Cl2N3O3. The van der Waals surface area contributed by atoms with Gasteiger partial charge in [0.2, 0.25) is 0 Å². The van der Waals surface area contributed by atoms with Crippen molar-refractivity contribution < 1.29 is 14.7 Å². The molecule has 0 aliphatic heterocycles. The van der Waals surface area contributed by atoms with E-state index in [-0.39, 0.29) is 12.1 Å². The van der Waals surface area contributed by atoms with Crippen molar-refractivity contribution in [2.24, 2.45) is 0 Å². The molecule has 2 aromatic rings. The molecule has 0 saturated heterocycles. The number of nitrogens with one attached hydrogen (secondary N) is 1. The van der Waals surface area contributed by atoms with E-state index < -0.39 is 11.9 Å². The number of carboxylic acids is 1. The minimum Gasteiger partial charge on any atom is -0.480 e. The lowest BCUT2D eigenvalue weighted by Gasteiger charge is -2.05. The van der Waals surface area contributed by atoms with Crippen molar-refractivity contribution in [2.45, 2.75) is 6.54 Å². The highest BCUT2D eigenvalue weighted by molar-refractivity contribution is 6.36. The fourth-order valence-electron chi connectivity index (χ4n) is 1.49. The number of rotatable bonds is 4. The predicted octanol–water partition coefficient (Wildman–Crippen LogP) is 2.53. The zero-order valence-corrected chi connectivity index (χ0v) is 11.5. The molecule has 0 radical (unpaired) electrons. The van der Waals surface area contributed by atoms with Crippen molar-refractivity contribution in [2.75, 3.05) is 5.32 Å². The van der Waals surface area contributed by atoms with E-state index in [1.54, 1.807) is 12.1 Å². The largest absolute Gasteiger partial charge is 0.480 e. The lowest BCUT2D eigenvalue weighted by Crippen LogP contribution is -2.12. The minimum absolute atomic E-state index is 0.234. The number of hydrogen-bond donors (Lipinski definition) is 2. The Kier molecular flexibility index (Phi) is 4.26. The van der Waals surface area contributed by atoms with Crippen LogP contribution in [0.5, 0.6) is 0 Å². The molecule has 1 heterocycles. The Labute approximate surface area is 123 Å². The quantitative estimate of drug-likeness (QED) is 0.908. The maximum atomic E-state index is 11.9. The zero-order valence-electron chi connectivity index (χ0n) is 10.0. The van der Waals surface area contributed by atoms with Gasteiger partial charge in [-0.3, -0.25) is 14.3 Å². The third kappa shape index (κ3) is 3.49. The summed E-state index contributed by atoms with van der Waals surface area (Å²) in [5.41, 5.74) is 0.643. The number of anilines is 1. The molecule has 104 valence electrons. The van der Waals surface area contributed by atoms with Crippen LogP contribution in [0.25, 0.3) is 0 Å². The average Bonchev–Trinajstić information content (AvgIpc) is 2.80. The molecule has 1 amide bonds. The van der Waals surface area contributed by atoms with E-state index in [0.29, 0.717) is 15.7 Å². The van der Waals surface area contributed by atoms with Crippen LogP contribution in [0.2, 0.25) is 10.0 Å². The highest BCUT2D eigenvalue weighted by Gasteiger charge is 2.12. The first-order chi connectivity index (χ1) is 9.45. The number of carbonyl (C=O) groups is 2. The van der Waals surface area contributed by atoms with Gasteiger partial charge in [-0.25, -0.2) is 0 Å². The lowest BCUT2D eigenvalue weighted by atomic mass is 10.3. The Morgan fingerprint density at radius 3 is 2.75 bits per heavy atom. The highest BCUT2D eigenvalue weighted by atomic mass is 35.5. The van der Waals surface area contributed by atoms with Gasteiger partial charge in [0.1, 0.15) is 6.54 Å². The van der Waals surface area contributed by atoms with Crippen molar-refractivity contribution in [3.8, 4) is 0 Å². The Bertz CT molecular complexity index is 670. The molecule has 0 aliphatic rings. The van der Waals surface area contributed by atoms with E-state index >= 15 is 0 Å². The molecule has 8 heteroatoms. The van der Waals surface area contributed by atoms with Gasteiger partial charge < -0.3 is 10.4 Å². The smallest absolute Gasteiger partial charge is 0.325 e. The number of hydrogen-bond acceptors (Lipinski definition) is 3. The van der Waals surface area contributed by atoms with Crippen molar-refractivity contribution in [1.29, 1.82) is 0 Å². The number of aromatic nitrogens is 2. The maximum absolute atomic E-state index is 11.9. The van der Waals surface area contributed by atoms with Crippen molar-refractivity contribution in [1.82, 2.24) is 9.78 Å². The number of amides is 1. The molecule has 0 bridgehead atoms. The Balaban J connectivity index is 2.11. The number of aliphatic carboxylic acids is 1. The van der Waals surface area contributed by atoms with Gasteiger partial charge in [0.25, 0.3) is 5.91 Å². The van der Waals surface area contributed by atoms with Gasteiger partial charge in [0.15, 0.2) is 0 Å². The number of benzene rings is 1. The molecule has 6 nitrogen and oxygen atoms in total. The standard InChI is InChI=1S/C12H9Cl2N3O3/c13-8-1-2-10(9(14)3-8)16-12(20)7-4-15-17(5-7)6-11(18)19/h1-5H,6H2,(H,16,20)(H,18,19). The van der Waals surface area contributed by atoms with Gasteiger partial charge in [-0.15, -0.1) is 0 Å². The lowest BCUT2D eigenvalue weighted by molar-refractivity contribution is -0.137. The van der Waals surface area contributed by atoms with Crippen LogP contribution in [0, 0.1) is 0 Å². The predicted molar refractivity (Wildman–Crippen MR) is 74.3 cm³/mol. The fraction of sp³-hybridized carbons (Fsp3) is 0.0833. The second-order valence-electron chi connectivity index (χ2n) is 3.90. The molecule has 2 rings (SSSR count). The van der Waals surface area contributed by atoms with Crippen LogP contribution in [0.15, 0.2) is 30.6 Å². The second-order valence-corrected chi connectivity index (χ2v) is 4.74. The highest BCUT2D eigenvalue weighted by Crippen LogP contribution is 2.25. The monoisotopic (exact) mass is 313 g/mol. The summed E-state index contributed by atoms with van der Waals surface area (Å²) in [5, 5.41) is 15.8. The molecule has 0 unspecified atom stereocenters. The van der Waals surface area contributed by atoms with Crippen molar-refractivity contribution in [3.63, 3.8) is 0 Å². The van der Waals surface area contributed by atoms with Crippen molar-refractivity contribution >= 4 is 40.8 Å². The number of nitrogens with zero attached hydrogens (tertiary/aromatic N) is 2. The SMILES string of the molecule is O=C(O)Cn1cc(C(=O)Nc2ccc(Cl)cc2Cl)cn1. The Hall–Kier alpha value is -2.05. The molecule has 0 aliphatic carbocycles. The van der Waals surface area contributed by atoms with Gasteiger partial charge >= 0.3 is 5.97 Å². The van der Waals surface area contributed by atoms with Gasteiger partial charge in [0, 0.05) is 11.2 Å². The van der Waals surface area contributed by atoms with Crippen LogP contribution in [0.1, 0.15) is 10.4 Å². The number of carboxylic acid groups (broad SMARTS) is 1. The van der Waals surface area contributed by atoms with Gasteiger partial charge in [0.05, 0.1) is 22.5 Å². The summed E-state index contributed by atoms with van der Waals surface area (Å²) < 4.78 is 1.15. The Morgan fingerprint density at radius 2 is 2.10 bits per heavy atom.